The Bertz CT molecular complexity index is 746. The number of rotatable bonds is 3. The predicted molar refractivity (Wildman–Crippen MR) is 72.9 cm³/mol. The van der Waals surface area contributed by atoms with Gasteiger partial charge in [0.1, 0.15) is 5.82 Å². The molecule has 1 unspecified atom stereocenters. The van der Waals surface area contributed by atoms with Crippen LogP contribution in [0.15, 0.2) is 48.9 Å². The second kappa shape index (κ2) is 5.28. The summed E-state index contributed by atoms with van der Waals surface area (Å²) in [5, 5.41) is 0. The zero-order chi connectivity index (χ0) is 13.9. The molecule has 2 heterocycles. The Kier molecular flexibility index (Phi) is 3.32. The normalized spacial score (nSPS) is 12.5. The Labute approximate surface area is 114 Å². The zero-order valence-electron chi connectivity index (χ0n) is 10.5. The number of halogens is 1. The van der Waals surface area contributed by atoms with E-state index in [1.165, 1.54) is 6.20 Å². The molecule has 2 aromatic heterocycles. The average Bonchev–Trinajstić information content (AvgIpc) is 2.50. The molecule has 0 aliphatic rings. The molecule has 0 bridgehead atoms. The van der Waals surface area contributed by atoms with E-state index in [1.807, 2.05) is 24.3 Å². The molecule has 0 amide bonds. The Morgan fingerprint density at radius 3 is 2.65 bits per heavy atom. The van der Waals surface area contributed by atoms with Crippen LogP contribution >= 0.6 is 0 Å². The highest BCUT2D eigenvalue weighted by Crippen LogP contribution is 2.22. The first-order valence-corrected chi connectivity index (χ1v) is 6.07. The van der Waals surface area contributed by atoms with Crippen molar-refractivity contribution >= 4 is 11.0 Å². The standard InChI is InChI=1S/C14H12FN5/c15-10-7-17-6-5-9(10)14(20-16)13-8-18-11-3-1-2-4-12(11)19-13/h1-8,14,20H,16H2. The van der Waals surface area contributed by atoms with Gasteiger partial charge in [0.2, 0.25) is 0 Å². The van der Waals surface area contributed by atoms with Gasteiger partial charge in [0.05, 0.1) is 35.2 Å². The van der Waals surface area contributed by atoms with Crippen LogP contribution in [0.5, 0.6) is 0 Å². The van der Waals surface area contributed by atoms with Crippen LogP contribution in [0, 0.1) is 5.82 Å². The molecule has 3 N–H and O–H groups in total. The lowest BCUT2D eigenvalue weighted by Crippen LogP contribution is -2.30. The Morgan fingerprint density at radius 1 is 1.10 bits per heavy atom. The topological polar surface area (TPSA) is 76.7 Å². The molecule has 0 fully saturated rings. The first-order valence-electron chi connectivity index (χ1n) is 6.07. The van der Waals surface area contributed by atoms with Crippen LogP contribution in [-0.4, -0.2) is 15.0 Å². The largest absolute Gasteiger partial charge is 0.271 e. The van der Waals surface area contributed by atoms with Crippen LogP contribution in [0.3, 0.4) is 0 Å². The van der Waals surface area contributed by atoms with Crippen molar-refractivity contribution in [1.29, 1.82) is 0 Å². The van der Waals surface area contributed by atoms with Gasteiger partial charge in [-0.15, -0.1) is 0 Å². The summed E-state index contributed by atoms with van der Waals surface area (Å²) in [5.74, 6) is 5.11. The van der Waals surface area contributed by atoms with E-state index in [1.54, 1.807) is 12.3 Å². The van der Waals surface area contributed by atoms with E-state index in [0.717, 1.165) is 17.2 Å². The molecule has 0 aliphatic heterocycles. The fraction of sp³-hybridized carbons (Fsp3) is 0.0714. The van der Waals surface area contributed by atoms with E-state index in [-0.39, 0.29) is 0 Å². The summed E-state index contributed by atoms with van der Waals surface area (Å²) in [4.78, 5) is 12.5. The van der Waals surface area contributed by atoms with E-state index in [9.17, 15) is 4.39 Å². The van der Waals surface area contributed by atoms with E-state index >= 15 is 0 Å². The SMILES string of the molecule is NNC(c1cnc2ccccc2n1)c1ccncc1F. The molecule has 0 spiro atoms. The lowest BCUT2D eigenvalue weighted by molar-refractivity contribution is 0.549. The maximum atomic E-state index is 13.8. The summed E-state index contributed by atoms with van der Waals surface area (Å²) in [5.41, 5.74) is 5.02. The number of fused-ring (bicyclic) bond motifs is 1. The van der Waals surface area contributed by atoms with Crippen LogP contribution < -0.4 is 11.3 Å². The van der Waals surface area contributed by atoms with E-state index in [0.29, 0.717) is 11.3 Å². The second-order valence-electron chi connectivity index (χ2n) is 4.28. The minimum Gasteiger partial charge on any atom is -0.271 e. The lowest BCUT2D eigenvalue weighted by Gasteiger charge is -2.16. The van der Waals surface area contributed by atoms with Gasteiger partial charge in [-0.1, -0.05) is 12.1 Å². The molecule has 1 aromatic carbocycles. The molecule has 5 nitrogen and oxygen atoms in total. The molecular weight excluding hydrogens is 257 g/mol. The number of hydrogen-bond acceptors (Lipinski definition) is 5. The maximum Gasteiger partial charge on any atom is 0.146 e. The summed E-state index contributed by atoms with van der Waals surface area (Å²) >= 11 is 0. The summed E-state index contributed by atoms with van der Waals surface area (Å²) in [6.07, 6.45) is 4.25. The van der Waals surface area contributed by atoms with Crippen molar-refractivity contribution in [3.8, 4) is 0 Å². The molecule has 100 valence electrons. The fourth-order valence-electron chi connectivity index (χ4n) is 2.07. The van der Waals surface area contributed by atoms with Crippen LogP contribution in [0.2, 0.25) is 0 Å². The molecule has 1 atom stereocenters. The lowest BCUT2D eigenvalue weighted by atomic mass is 10.1. The first kappa shape index (κ1) is 12.6. The summed E-state index contributed by atoms with van der Waals surface area (Å²) in [6, 6.07) is 8.47. The van der Waals surface area contributed by atoms with Crippen LogP contribution in [-0.2, 0) is 0 Å². The van der Waals surface area contributed by atoms with Gasteiger partial charge in [-0.05, 0) is 18.2 Å². The minimum absolute atomic E-state index is 0.382. The molecule has 20 heavy (non-hydrogen) atoms. The zero-order valence-corrected chi connectivity index (χ0v) is 10.5. The number of nitrogens with two attached hydrogens (primary N) is 1. The Morgan fingerprint density at radius 2 is 1.90 bits per heavy atom. The van der Waals surface area contributed by atoms with Gasteiger partial charge in [-0.3, -0.25) is 15.8 Å². The van der Waals surface area contributed by atoms with Crippen molar-refractivity contribution in [1.82, 2.24) is 20.4 Å². The number of nitrogens with zero attached hydrogens (tertiary/aromatic N) is 3. The van der Waals surface area contributed by atoms with Gasteiger partial charge in [-0.2, -0.15) is 0 Å². The van der Waals surface area contributed by atoms with E-state index < -0.39 is 11.9 Å². The summed E-state index contributed by atoms with van der Waals surface area (Å²) in [7, 11) is 0. The number of para-hydroxylation sites is 2. The van der Waals surface area contributed by atoms with Crippen molar-refractivity contribution < 1.29 is 4.39 Å². The molecule has 3 aromatic rings. The highest BCUT2D eigenvalue weighted by molar-refractivity contribution is 5.73. The molecule has 3 rings (SSSR count). The number of pyridine rings is 1. The average molecular weight is 269 g/mol. The quantitative estimate of drug-likeness (QED) is 0.559. The Balaban J connectivity index is 2.10. The number of benzene rings is 1. The van der Waals surface area contributed by atoms with Crippen molar-refractivity contribution in [2.75, 3.05) is 0 Å². The van der Waals surface area contributed by atoms with Crippen LogP contribution in [0.25, 0.3) is 11.0 Å². The van der Waals surface area contributed by atoms with Crippen molar-refractivity contribution in [3.05, 3.63) is 66.0 Å². The van der Waals surface area contributed by atoms with E-state index in [2.05, 4.69) is 20.4 Å². The smallest absolute Gasteiger partial charge is 0.146 e. The summed E-state index contributed by atoms with van der Waals surface area (Å²) < 4.78 is 13.8. The van der Waals surface area contributed by atoms with E-state index in [4.69, 9.17) is 5.84 Å². The molecule has 6 heteroatoms. The molecule has 0 saturated heterocycles. The molecule has 0 aliphatic carbocycles. The summed E-state index contributed by atoms with van der Waals surface area (Å²) in [6.45, 7) is 0. The predicted octanol–water partition coefficient (Wildman–Crippen LogP) is 1.72. The van der Waals surface area contributed by atoms with Crippen LogP contribution in [0.4, 0.5) is 4.39 Å². The maximum absolute atomic E-state index is 13.8. The highest BCUT2D eigenvalue weighted by atomic mass is 19.1. The third-order valence-electron chi connectivity index (χ3n) is 3.04. The van der Waals surface area contributed by atoms with Gasteiger partial charge in [-0.25, -0.2) is 14.8 Å². The third-order valence-corrected chi connectivity index (χ3v) is 3.04. The van der Waals surface area contributed by atoms with Gasteiger partial charge in [0.25, 0.3) is 0 Å². The highest BCUT2D eigenvalue weighted by Gasteiger charge is 2.18. The number of nitrogens with one attached hydrogen (secondary N) is 1. The van der Waals surface area contributed by atoms with Gasteiger partial charge in [0, 0.05) is 11.8 Å². The van der Waals surface area contributed by atoms with Crippen molar-refractivity contribution in [2.45, 2.75) is 6.04 Å². The fourth-order valence-corrected chi connectivity index (χ4v) is 2.07. The molecule has 0 saturated carbocycles. The van der Waals surface area contributed by atoms with Crippen molar-refractivity contribution in [2.24, 2.45) is 5.84 Å². The molecule has 0 radical (unpaired) electrons. The minimum atomic E-state index is -0.574. The third kappa shape index (κ3) is 2.22. The number of hydrogen-bond donors (Lipinski definition) is 2. The second-order valence-corrected chi connectivity index (χ2v) is 4.28. The first-order chi connectivity index (χ1) is 9.79. The van der Waals surface area contributed by atoms with Gasteiger partial charge in [0.15, 0.2) is 0 Å². The van der Waals surface area contributed by atoms with Crippen molar-refractivity contribution in [3.63, 3.8) is 0 Å². The van der Waals surface area contributed by atoms with Gasteiger partial charge >= 0.3 is 0 Å². The van der Waals surface area contributed by atoms with Gasteiger partial charge < -0.3 is 0 Å². The monoisotopic (exact) mass is 269 g/mol. The Hall–Kier alpha value is -2.44. The molecular formula is C14H12FN5. The number of hydrazine groups is 1. The van der Waals surface area contributed by atoms with Crippen LogP contribution in [0.1, 0.15) is 17.3 Å². The number of aromatic nitrogens is 3.